The minimum Gasteiger partial charge on any atom is -0.492 e. The molecule has 0 aliphatic carbocycles. The zero-order valence-corrected chi connectivity index (χ0v) is 14.4. The van der Waals surface area contributed by atoms with Gasteiger partial charge in [-0.2, -0.15) is 0 Å². The summed E-state index contributed by atoms with van der Waals surface area (Å²) in [7, 11) is 2.03. The summed E-state index contributed by atoms with van der Waals surface area (Å²) in [5.74, 6) is 0.840. The third kappa shape index (κ3) is 3.72. The smallest absolute Gasteiger partial charge is 0.318 e. The number of nitrogens with one attached hydrogen (secondary N) is 1. The lowest BCUT2D eigenvalue weighted by molar-refractivity contribution is 0.188. The van der Waals surface area contributed by atoms with Crippen LogP contribution in [-0.4, -0.2) is 35.2 Å². The number of benzene rings is 1. The molecule has 0 spiro atoms. The molecule has 1 fully saturated rings. The van der Waals surface area contributed by atoms with Gasteiger partial charge in [-0.3, -0.25) is 0 Å². The van der Waals surface area contributed by atoms with Gasteiger partial charge in [0.25, 0.3) is 0 Å². The van der Waals surface area contributed by atoms with E-state index in [1.165, 1.54) is 11.3 Å². The van der Waals surface area contributed by atoms with Gasteiger partial charge in [0.15, 0.2) is 0 Å². The Morgan fingerprint density at radius 2 is 2.21 bits per heavy atom. The summed E-state index contributed by atoms with van der Waals surface area (Å²) in [6, 6.07) is 12.2. The standard InChI is InChI=1S/C19H25N3O2/c1-15-6-3-7-16(14-15)24-13-10-20-19(23)22-12-5-9-18(22)17-8-4-11-21(17)2/h3-4,6-8,11,14,18H,5,9-10,12-13H2,1-2H3,(H,20,23). The van der Waals surface area contributed by atoms with Crippen molar-refractivity contribution < 1.29 is 9.53 Å². The van der Waals surface area contributed by atoms with Crippen molar-refractivity contribution >= 4 is 6.03 Å². The Morgan fingerprint density at radius 1 is 1.33 bits per heavy atom. The fraction of sp³-hybridized carbons (Fsp3) is 0.421. The van der Waals surface area contributed by atoms with Gasteiger partial charge in [-0.1, -0.05) is 12.1 Å². The number of hydrogen-bond acceptors (Lipinski definition) is 2. The number of urea groups is 1. The van der Waals surface area contributed by atoms with Crippen LogP contribution in [-0.2, 0) is 7.05 Å². The fourth-order valence-corrected chi connectivity index (χ4v) is 3.27. The predicted molar refractivity (Wildman–Crippen MR) is 94.2 cm³/mol. The van der Waals surface area contributed by atoms with Gasteiger partial charge < -0.3 is 19.5 Å². The Morgan fingerprint density at radius 3 is 2.96 bits per heavy atom. The topological polar surface area (TPSA) is 46.5 Å². The van der Waals surface area contributed by atoms with Gasteiger partial charge in [-0.05, 0) is 49.6 Å². The summed E-state index contributed by atoms with van der Waals surface area (Å²) in [6.45, 7) is 3.81. The predicted octanol–water partition coefficient (Wildman–Crippen LogP) is 3.26. The Balaban J connectivity index is 1.49. The van der Waals surface area contributed by atoms with Crippen LogP contribution in [0.15, 0.2) is 42.6 Å². The van der Waals surface area contributed by atoms with Crippen LogP contribution in [0.25, 0.3) is 0 Å². The highest BCUT2D eigenvalue weighted by molar-refractivity contribution is 5.75. The molecule has 1 aromatic carbocycles. The van der Waals surface area contributed by atoms with Gasteiger partial charge >= 0.3 is 6.03 Å². The number of carbonyl (C=O) groups is 1. The molecule has 1 aliphatic heterocycles. The molecule has 24 heavy (non-hydrogen) atoms. The minimum atomic E-state index is -0.00783. The molecule has 1 aliphatic rings. The molecule has 1 aromatic heterocycles. The Bertz CT molecular complexity index is 695. The molecule has 5 heteroatoms. The number of aryl methyl sites for hydroxylation is 2. The van der Waals surface area contributed by atoms with E-state index in [2.05, 4.69) is 16.0 Å². The van der Waals surface area contributed by atoms with Gasteiger partial charge in [0.1, 0.15) is 12.4 Å². The highest BCUT2D eigenvalue weighted by Crippen LogP contribution is 2.31. The normalized spacial score (nSPS) is 17.1. The Kier molecular flexibility index (Phi) is 5.08. The van der Waals surface area contributed by atoms with Gasteiger partial charge in [0.05, 0.1) is 12.6 Å². The second-order valence-corrected chi connectivity index (χ2v) is 6.29. The minimum absolute atomic E-state index is 0.00783. The summed E-state index contributed by atoms with van der Waals surface area (Å²) >= 11 is 0. The van der Waals surface area contributed by atoms with Crippen molar-refractivity contribution in [2.45, 2.75) is 25.8 Å². The fourth-order valence-electron chi connectivity index (χ4n) is 3.27. The largest absolute Gasteiger partial charge is 0.492 e. The molecule has 0 bridgehead atoms. The van der Waals surface area contributed by atoms with Crippen molar-refractivity contribution in [3.8, 4) is 5.75 Å². The Labute approximate surface area is 143 Å². The lowest BCUT2D eigenvalue weighted by Crippen LogP contribution is -2.41. The lowest BCUT2D eigenvalue weighted by Gasteiger charge is -2.25. The Hall–Kier alpha value is -2.43. The summed E-state index contributed by atoms with van der Waals surface area (Å²) in [4.78, 5) is 14.4. The van der Waals surface area contributed by atoms with Crippen LogP contribution in [0.1, 0.15) is 30.1 Å². The first kappa shape index (κ1) is 16.4. The SMILES string of the molecule is Cc1cccc(OCCNC(=O)N2CCCC2c2cccn2C)c1. The molecule has 1 saturated heterocycles. The van der Waals surface area contributed by atoms with Gasteiger partial charge in [-0.25, -0.2) is 4.79 Å². The van der Waals surface area contributed by atoms with Crippen LogP contribution >= 0.6 is 0 Å². The van der Waals surface area contributed by atoms with E-state index in [4.69, 9.17) is 4.74 Å². The van der Waals surface area contributed by atoms with Crippen molar-refractivity contribution in [3.05, 3.63) is 53.9 Å². The highest BCUT2D eigenvalue weighted by atomic mass is 16.5. The van der Waals surface area contributed by atoms with Crippen molar-refractivity contribution in [2.75, 3.05) is 19.7 Å². The number of amides is 2. The van der Waals surface area contributed by atoms with Crippen LogP contribution in [0, 0.1) is 6.92 Å². The lowest BCUT2D eigenvalue weighted by atomic mass is 10.1. The number of rotatable bonds is 5. The molecule has 128 valence electrons. The molecule has 2 heterocycles. The molecule has 1 atom stereocenters. The molecule has 3 rings (SSSR count). The summed E-state index contributed by atoms with van der Waals surface area (Å²) in [6.07, 6.45) is 4.09. The average molecular weight is 327 g/mol. The molecule has 0 saturated carbocycles. The van der Waals surface area contributed by atoms with E-state index in [1.807, 2.05) is 55.4 Å². The van der Waals surface area contributed by atoms with Crippen LogP contribution in [0.2, 0.25) is 0 Å². The molecule has 0 radical (unpaired) electrons. The number of nitrogens with zero attached hydrogens (tertiary/aromatic N) is 2. The van der Waals surface area contributed by atoms with E-state index in [0.717, 1.165) is 25.1 Å². The summed E-state index contributed by atoms with van der Waals surface area (Å²) in [5, 5.41) is 2.97. The number of carbonyl (C=O) groups excluding carboxylic acids is 1. The van der Waals surface area contributed by atoms with Gasteiger partial charge in [0.2, 0.25) is 0 Å². The van der Waals surface area contributed by atoms with Crippen LogP contribution < -0.4 is 10.1 Å². The quantitative estimate of drug-likeness (QED) is 0.857. The van der Waals surface area contributed by atoms with E-state index < -0.39 is 0 Å². The number of likely N-dealkylation sites (tertiary alicyclic amines) is 1. The monoisotopic (exact) mass is 327 g/mol. The van der Waals surface area contributed by atoms with Crippen LogP contribution in [0.5, 0.6) is 5.75 Å². The first-order valence-corrected chi connectivity index (χ1v) is 8.50. The average Bonchev–Trinajstić information content (AvgIpc) is 3.19. The van der Waals surface area contributed by atoms with E-state index >= 15 is 0 Å². The second kappa shape index (κ2) is 7.43. The zero-order valence-electron chi connectivity index (χ0n) is 14.4. The van der Waals surface area contributed by atoms with E-state index in [9.17, 15) is 4.79 Å². The van der Waals surface area contributed by atoms with Crippen LogP contribution in [0.4, 0.5) is 4.79 Å². The molecule has 1 N–H and O–H groups in total. The number of ether oxygens (including phenoxy) is 1. The first-order valence-electron chi connectivity index (χ1n) is 8.50. The third-order valence-corrected chi connectivity index (χ3v) is 4.48. The van der Waals surface area contributed by atoms with Crippen molar-refractivity contribution in [1.82, 2.24) is 14.8 Å². The number of aromatic nitrogens is 1. The highest BCUT2D eigenvalue weighted by Gasteiger charge is 2.31. The second-order valence-electron chi connectivity index (χ2n) is 6.29. The van der Waals surface area contributed by atoms with Crippen molar-refractivity contribution in [2.24, 2.45) is 7.05 Å². The van der Waals surface area contributed by atoms with Gasteiger partial charge in [-0.15, -0.1) is 0 Å². The molecular formula is C19H25N3O2. The molecule has 2 amide bonds. The maximum absolute atomic E-state index is 12.5. The summed E-state index contributed by atoms with van der Waals surface area (Å²) in [5.41, 5.74) is 2.36. The molecule has 2 aromatic rings. The molecule has 1 unspecified atom stereocenters. The summed E-state index contributed by atoms with van der Waals surface area (Å²) < 4.78 is 7.78. The molecule has 5 nitrogen and oxygen atoms in total. The van der Waals surface area contributed by atoms with E-state index in [0.29, 0.717) is 13.2 Å². The maximum atomic E-state index is 12.5. The van der Waals surface area contributed by atoms with Crippen molar-refractivity contribution in [1.29, 1.82) is 0 Å². The maximum Gasteiger partial charge on any atom is 0.318 e. The third-order valence-electron chi connectivity index (χ3n) is 4.48. The van der Waals surface area contributed by atoms with E-state index in [-0.39, 0.29) is 12.1 Å². The number of hydrogen-bond donors (Lipinski definition) is 1. The van der Waals surface area contributed by atoms with E-state index in [1.54, 1.807) is 0 Å². The van der Waals surface area contributed by atoms with Gasteiger partial charge in [0, 0.05) is 25.5 Å². The molecular weight excluding hydrogens is 302 g/mol. The first-order chi connectivity index (χ1) is 11.6. The zero-order chi connectivity index (χ0) is 16.9. The van der Waals surface area contributed by atoms with Crippen molar-refractivity contribution in [3.63, 3.8) is 0 Å². The van der Waals surface area contributed by atoms with Crippen LogP contribution in [0.3, 0.4) is 0 Å².